The van der Waals surface area contributed by atoms with Gasteiger partial charge in [-0.2, -0.15) is 0 Å². The Morgan fingerprint density at radius 2 is 1.35 bits per heavy atom. The summed E-state index contributed by atoms with van der Waals surface area (Å²) < 4.78 is 0. The zero-order valence-electron chi connectivity index (χ0n) is 10.7. The van der Waals surface area contributed by atoms with Gasteiger partial charge >= 0.3 is 5.97 Å². The quantitative estimate of drug-likeness (QED) is 0.791. The van der Waals surface area contributed by atoms with Crippen molar-refractivity contribution in [2.45, 2.75) is 27.7 Å². The van der Waals surface area contributed by atoms with Gasteiger partial charge in [-0.25, -0.2) is 0 Å². The highest BCUT2D eigenvalue weighted by atomic mass is 16.4. The van der Waals surface area contributed by atoms with Crippen LogP contribution in [-0.4, -0.2) is 22.2 Å². The fourth-order valence-electron chi connectivity index (χ4n) is 0.534. The summed E-state index contributed by atoms with van der Waals surface area (Å²) in [6, 6.07) is 10.3. The van der Waals surface area contributed by atoms with Crippen molar-refractivity contribution in [3.63, 3.8) is 0 Å². The number of aryl methyl sites for hydroxylation is 1. The zero-order valence-corrected chi connectivity index (χ0v) is 10.7. The van der Waals surface area contributed by atoms with Crippen molar-refractivity contribution in [3.05, 3.63) is 35.9 Å². The van der Waals surface area contributed by atoms with Crippen LogP contribution >= 0.6 is 0 Å². The third kappa shape index (κ3) is 20.3. The summed E-state index contributed by atoms with van der Waals surface area (Å²) in [6.45, 7) is 6.45. The van der Waals surface area contributed by atoms with E-state index in [0.29, 0.717) is 0 Å². The Bertz CT molecular complexity index is 313. The number of aliphatic carboxylic acids is 2. The molecule has 0 bridgehead atoms. The molecule has 0 amide bonds. The van der Waals surface area contributed by atoms with Gasteiger partial charge in [-0.1, -0.05) is 49.7 Å². The molecular formula is C13H20O4. The van der Waals surface area contributed by atoms with Gasteiger partial charge in [-0.05, 0) is 6.92 Å². The molecule has 0 aliphatic carbocycles. The van der Waals surface area contributed by atoms with Crippen LogP contribution in [0.25, 0.3) is 0 Å². The molecule has 0 aliphatic rings. The highest BCUT2D eigenvalue weighted by Crippen LogP contribution is 1.92. The second-order valence-electron chi connectivity index (χ2n) is 3.67. The van der Waals surface area contributed by atoms with Crippen molar-refractivity contribution in [1.82, 2.24) is 0 Å². The number of carboxylic acids is 2. The van der Waals surface area contributed by atoms with Gasteiger partial charge in [0.2, 0.25) is 0 Å². The van der Waals surface area contributed by atoms with Gasteiger partial charge in [-0.15, -0.1) is 0 Å². The normalized spacial score (nSPS) is 8.29. The van der Waals surface area contributed by atoms with E-state index in [1.165, 1.54) is 5.56 Å². The van der Waals surface area contributed by atoms with E-state index in [4.69, 9.17) is 15.0 Å². The average Bonchev–Trinajstić information content (AvgIpc) is 2.18. The Morgan fingerprint density at radius 3 is 1.47 bits per heavy atom. The van der Waals surface area contributed by atoms with Crippen molar-refractivity contribution in [2.75, 3.05) is 0 Å². The molecule has 0 aromatic heterocycles. The lowest BCUT2D eigenvalue weighted by Crippen LogP contribution is -2.03. The number of carbonyl (C=O) groups is 2. The first kappa shape index (κ1) is 17.6. The summed E-state index contributed by atoms with van der Waals surface area (Å²) in [5, 5.41) is 15.4. The van der Waals surface area contributed by atoms with Crippen molar-refractivity contribution >= 4 is 11.9 Å². The Labute approximate surface area is 102 Å². The van der Waals surface area contributed by atoms with E-state index in [9.17, 15) is 4.79 Å². The predicted octanol–water partition coefficient (Wildman–Crippen LogP) is 2.81. The molecule has 2 N–H and O–H groups in total. The van der Waals surface area contributed by atoms with E-state index in [-0.39, 0.29) is 5.92 Å². The summed E-state index contributed by atoms with van der Waals surface area (Å²) in [5.74, 6) is -1.81. The molecule has 0 aliphatic heterocycles. The van der Waals surface area contributed by atoms with Gasteiger partial charge in [0.25, 0.3) is 5.97 Å². The molecule has 0 radical (unpaired) electrons. The molecule has 4 heteroatoms. The smallest absolute Gasteiger partial charge is 0.305 e. The third-order valence-corrected chi connectivity index (χ3v) is 1.43. The molecule has 1 rings (SSSR count). The summed E-state index contributed by atoms with van der Waals surface area (Å²) in [4.78, 5) is 18.7. The summed E-state index contributed by atoms with van der Waals surface area (Å²) in [7, 11) is 0. The van der Waals surface area contributed by atoms with E-state index >= 15 is 0 Å². The highest BCUT2D eigenvalue weighted by Gasteiger charge is 1.99. The molecule has 0 saturated heterocycles. The first-order valence-corrected chi connectivity index (χ1v) is 5.21. The Balaban J connectivity index is 0. The second-order valence-corrected chi connectivity index (χ2v) is 3.67. The maximum absolute atomic E-state index is 9.70. The van der Waals surface area contributed by atoms with Gasteiger partial charge in [0.15, 0.2) is 0 Å². The van der Waals surface area contributed by atoms with Crippen molar-refractivity contribution in [1.29, 1.82) is 0 Å². The molecule has 0 heterocycles. The standard InChI is InChI=1S/C7H8.C4H8O2.C2H4O2/c1-7-5-3-2-4-6-7;1-3(2)4(5)6;1-2(3)4/h2-6H,1H3;3H,1-2H3,(H,5,6);1H3,(H,3,4). The molecule has 0 fully saturated rings. The summed E-state index contributed by atoms with van der Waals surface area (Å²) in [5.41, 5.74) is 1.32. The molecule has 0 unspecified atom stereocenters. The first-order valence-electron chi connectivity index (χ1n) is 5.21. The van der Waals surface area contributed by atoms with Gasteiger partial charge in [0, 0.05) is 6.92 Å². The Kier molecular flexibility index (Phi) is 11.0. The minimum Gasteiger partial charge on any atom is -0.481 e. The molecular weight excluding hydrogens is 220 g/mol. The van der Waals surface area contributed by atoms with E-state index in [1.807, 2.05) is 18.2 Å². The van der Waals surface area contributed by atoms with Crippen LogP contribution < -0.4 is 0 Å². The van der Waals surface area contributed by atoms with Crippen LogP contribution in [0.15, 0.2) is 30.3 Å². The lowest BCUT2D eigenvalue weighted by atomic mass is 10.2. The summed E-state index contributed by atoms with van der Waals surface area (Å²) >= 11 is 0. The lowest BCUT2D eigenvalue weighted by molar-refractivity contribution is -0.140. The van der Waals surface area contributed by atoms with Crippen LogP contribution in [0.1, 0.15) is 26.3 Å². The minimum atomic E-state index is -0.833. The van der Waals surface area contributed by atoms with Crippen LogP contribution in [-0.2, 0) is 9.59 Å². The maximum atomic E-state index is 9.70. The monoisotopic (exact) mass is 240 g/mol. The molecule has 0 saturated carbocycles. The molecule has 4 nitrogen and oxygen atoms in total. The van der Waals surface area contributed by atoms with Gasteiger partial charge in [0.05, 0.1) is 5.92 Å². The molecule has 0 spiro atoms. The molecule has 17 heavy (non-hydrogen) atoms. The van der Waals surface area contributed by atoms with Crippen LogP contribution in [0.2, 0.25) is 0 Å². The predicted molar refractivity (Wildman–Crippen MR) is 67.0 cm³/mol. The van der Waals surface area contributed by atoms with Crippen molar-refractivity contribution in [2.24, 2.45) is 5.92 Å². The van der Waals surface area contributed by atoms with Gasteiger partial charge in [-0.3, -0.25) is 9.59 Å². The van der Waals surface area contributed by atoms with E-state index in [2.05, 4.69) is 19.1 Å². The molecule has 96 valence electrons. The molecule has 1 aromatic rings. The zero-order chi connectivity index (χ0) is 13.8. The SMILES string of the molecule is CC(=O)O.CC(C)C(=O)O.Cc1ccccc1. The van der Waals surface area contributed by atoms with Crippen molar-refractivity contribution < 1.29 is 19.8 Å². The van der Waals surface area contributed by atoms with Crippen molar-refractivity contribution in [3.8, 4) is 0 Å². The van der Waals surface area contributed by atoms with Gasteiger partial charge in [0.1, 0.15) is 0 Å². The average molecular weight is 240 g/mol. The first-order chi connectivity index (χ1) is 7.77. The number of hydrogen-bond acceptors (Lipinski definition) is 2. The third-order valence-electron chi connectivity index (χ3n) is 1.43. The Morgan fingerprint density at radius 1 is 1.06 bits per heavy atom. The minimum absolute atomic E-state index is 0.231. The Hall–Kier alpha value is -1.84. The largest absolute Gasteiger partial charge is 0.481 e. The van der Waals surface area contributed by atoms with E-state index in [1.54, 1.807) is 13.8 Å². The van der Waals surface area contributed by atoms with Crippen LogP contribution in [0.3, 0.4) is 0 Å². The number of rotatable bonds is 1. The van der Waals surface area contributed by atoms with Crippen LogP contribution in [0.4, 0.5) is 0 Å². The lowest BCUT2D eigenvalue weighted by Gasteiger charge is -1.89. The van der Waals surface area contributed by atoms with Crippen LogP contribution in [0, 0.1) is 12.8 Å². The topological polar surface area (TPSA) is 74.6 Å². The highest BCUT2D eigenvalue weighted by molar-refractivity contribution is 5.68. The van der Waals surface area contributed by atoms with E-state index in [0.717, 1.165) is 6.92 Å². The summed E-state index contributed by atoms with van der Waals surface area (Å²) in [6.07, 6.45) is 0. The van der Waals surface area contributed by atoms with Crippen LogP contribution in [0.5, 0.6) is 0 Å². The second kappa shape index (κ2) is 10.7. The maximum Gasteiger partial charge on any atom is 0.305 e. The fourth-order valence-corrected chi connectivity index (χ4v) is 0.534. The molecule has 0 atom stereocenters. The van der Waals surface area contributed by atoms with E-state index < -0.39 is 11.9 Å². The fraction of sp³-hybridized carbons (Fsp3) is 0.385. The molecule has 1 aromatic carbocycles. The number of hydrogen-bond donors (Lipinski definition) is 2. The number of carboxylic acid groups (broad SMARTS) is 2. The van der Waals surface area contributed by atoms with Gasteiger partial charge < -0.3 is 10.2 Å². The number of benzene rings is 1.